The predicted octanol–water partition coefficient (Wildman–Crippen LogP) is 3.98. The highest BCUT2D eigenvalue weighted by molar-refractivity contribution is 6.15. The first-order chi connectivity index (χ1) is 16.9. The van der Waals surface area contributed by atoms with E-state index in [0.717, 1.165) is 25.7 Å². The number of pyridine rings is 1. The van der Waals surface area contributed by atoms with Crippen molar-refractivity contribution in [3.8, 4) is 6.07 Å². The van der Waals surface area contributed by atoms with Crippen molar-refractivity contribution < 1.29 is 14.4 Å². The number of aromatic amines is 1. The number of benzene rings is 1. The summed E-state index contributed by atoms with van der Waals surface area (Å²) in [5.74, 6) is -0.480. The molecule has 1 aliphatic rings. The number of fused-ring (bicyclic) bond motifs is 1. The largest absolute Gasteiger partial charge is 0.352 e. The number of H-pyrrole nitrogens is 1. The Morgan fingerprint density at radius 1 is 1.14 bits per heavy atom. The highest BCUT2D eigenvalue weighted by Crippen LogP contribution is 2.32. The molecule has 0 bridgehead atoms. The number of carbonyl (C=O) groups excluding carboxylic acids is 3. The van der Waals surface area contributed by atoms with E-state index in [4.69, 9.17) is 5.26 Å². The summed E-state index contributed by atoms with van der Waals surface area (Å²) < 4.78 is 0. The van der Waals surface area contributed by atoms with Crippen molar-refractivity contribution in [3.63, 3.8) is 0 Å². The number of aromatic nitrogens is 2. The molecule has 3 N–H and O–H groups in total. The Bertz CT molecular complexity index is 1300. The molecule has 1 fully saturated rings. The maximum atomic E-state index is 13.0. The molecule has 0 saturated heterocycles. The standard InChI is InChI=1S/C26H28N6O3/c1-3-28-25(34)22-19-11-10-18(32(2)26(35)17-7-5-4-6-8-17)13-21(19)30-23(22)31-24(33)20-12-9-16(14-27)15-29-20/h9-13,15,17,30H,3-8H2,1-2H3,(H,28,34)(H,31,33). The van der Waals surface area contributed by atoms with E-state index in [-0.39, 0.29) is 29.2 Å². The van der Waals surface area contributed by atoms with E-state index in [1.165, 1.54) is 24.8 Å². The Balaban J connectivity index is 1.66. The van der Waals surface area contributed by atoms with Crippen LogP contribution in [0.3, 0.4) is 0 Å². The van der Waals surface area contributed by atoms with Crippen LogP contribution in [0.5, 0.6) is 0 Å². The lowest BCUT2D eigenvalue weighted by molar-refractivity contribution is -0.123. The normalized spacial score (nSPS) is 13.7. The van der Waals surface area contributed by atoms with E-state index in [2.05, 4.69) is 20.6 Å². The van der Waals surface area contributed by atoms with Crippen molar-refractivity contribution in [2.75, 3.05) is 23.8 Å². The minimum Gasteiger partial charge on any atom is -0.352 e. The fraction of sp³-hybridized carbons (Fsp3) is 0.346. The first-order valence-electron chi connectivity index (χ1n) is 11.8. The van der Waals surface area contributed by atoms with Crippen LogP contribution in [-0.4, -0.2) is 41.3 Å². The summed E-state index contributed by atoms with van der Waals surface area (Å²) in [7, 11) is 1.77. The number of hydrogen-bond donors (Lipinski definition) is 3. The zero-order chi connectivity index (χ0) is 24.9. The van der Waals surface area contributed by atoms with Gasteiger partial charge in [0.2, 0.25) is 5.91 Å². The lowest BCUT2D eigenvalue weighted by atomic mass is 9.88. The van der Waals surface area contributed by atoms with Crippen molar-refractivity contribution in [3.05, 3.63) is 53.3 Å². The molecule has 1 aliphatic carbocycles. The molecule has 0 aliphatic heterocycles. The Labute approximate surface area is 203 Å². The fourth-order valence-corrected chi connectivity index (χ4v) is 4.50. The predicted molar refractivity (Wildman–Crippen MR) is 133 cm³/mol. The Kier molecular flexibility index (Phi) is 7.11. The van der Waals surface area contributed by atoms with E-state index in [1.54, 1.807) is 18.0 Å². The van der Waals surface area contributed by atoms with E-state index in [9.17, 15) is 14.4 Å². The van der Waals surface area contributed by atoms with E-state index in [1.807, 2.05) is 25.1 Å². The van der Waals surface area contributed by atoms with Gasteiger partial charge in [0.15, 0.2) is 0 Å². The minimum absolute atomic E-state index is 0.0359. The Morgan fingerprint density at radius 2 is 1.91 bits per heavy atom. The van der Waals surface area contributed by atoms with Gasteiger partial charge in [0.25, 0.3) is 11.8 Å². The quantitative estimate of drug-likeness (QED) is 0.499. The summed E-state index contributed by atoms with van der Waals surface area (Å²) in [5.41, 5.74) is 2.09. The summed E-state index contributed by atoms with van der Waals surface area (Å²) in [4.78, 5) is 47.5. The van der Waals surface area contributed by atoms with Gasteiger partial charge in [-0.3, -0.25) is 14.4 Å². The third-order valence-electron chi connectivity index (χ3n) is 6.38. The summed E-state index contributed by atoms with van der Waals surface area (Å²) in [6.07, 6.45) is 6.47. The molecule has 2 aromatic heterocycles. The van der Waals surface area contributed by atoms with Crippen molar-refractivity contribution in [2.45, 2.75) is 39.0 Å². The molecule has 0 atom stereocenters. The lowest BCUT2D eigenvalue weighted by Gasteiger charge is -2.26. The molecule has 2 heterocycles. The zero-order valence-corrected chi connectivity index (χ0v) is 19.9. The summed E-state index contributed by atoms with van der Waals surface area (Å²) in [5, 5.41) is 15.1. The SMILES string of the molecule is CCNC(=O)c1c(NC(=O)c2ccc(C#N)cn2)[nH]c2cc(N(C)C(=O)C3CCCCC3)ccc12. The maximum Gasteiger partial charge on any atom is 0.275 e. The van der Waals surface area contributed by atoms with Gasteiger partial charge in [0.1, 0.15) is 17.6 Å². The third kappa shape index (κ3) is 5.01. The first-order valence-corrected chi connectivity index (χ1v) is 11.8. The number of rotatable bonds is 6. The summed E-state index contributed by atoms with van der Waals surface area (Å²) in [6.45, 7) is 2.24. The average Bonchev–Trinajstić information content (AvgIpc) is 3.25. The van der Waals surface area contributed by atoms with E-state index in [0.29, 0.717) is 34.3 Å². The van der Waals surface area contributed by atoms with Crippen molar-refractivity contribution in [1.82, 2.24) is 15.3 Å². The maximum absolute atomic E-state index is 13.0. The van der Waals surface area contributed by atoms with Crippen molar-refractivity contribution in [2.24, 2.45) is 5.92 Å². The highest BCUT2D eigenvalue weighted by atomic mass is 16.2. The zero-order valence-electron chi connectivity index (χ0n) is 19.9. The van der Waals surface area contributed by atoms with E-state index >= 15 is 0 Å². The number of nitrogens with zero attached hydrogens (tertiary/aromatic N) is 3. The van der Waals surface area contributed by atoms with Gasteiger partial charge in [-0.25, -0.2) is 4.98 Å². The van der Waals surface area contributed by atoms with Gasteiger partial charge in [-0.15, -0.1) is 0 Å². The number of amides is 3. The first kappa shape index (κ1) is 24.0. The summed E-state index contributed by atoms with van der Waals surface area (Å²) in [6, 6.07) is 10.3. The molecular formula is C26H28N6O3. The molecule has 1 aromatic carbocycles. The number of nitrogens with one attached hydrogen (secondary N) is 3. The highest BCUT2D eigenvalue weighted by Gasteiger charge is 2.26. The molecule has 3 aromatic rings. The molecule has 3 amide bonds. The van der Waals surface area contributed by atoms with Gasteiger partial charge in [0, 0.05) is 42.3 Å². The fourth-order valence-electron chi connectivity index (χ4n) is 4.50. The second-order valence-electron chi connectivity index (χ2n) is 8.69. The van der Waals surface area contributed by atoms with Crippen molar-refractivity contribution >= 4 is 40.1 Å². The van der Waals surface area contributed by atoms with Gasteiger partial charge in [0.05, 0.1) is 11.1 Å². The van der Waals surface area contributed by atoms with Gasteiger partial charge in [-0.2, -0.15) is 5.26 Å². The van der Waals surface area contributed by atoms with Crippen LogP contribution in [0.4, 0.5) is 11.5 Å². The molecule has 0 unspecified atom stereocenters. The Hall–Kier alpha value is -4.19. The second kappa shape index (κ2) is 10.4. The molecule has 0 radical (unpaired) electrons. The van der Waals surface area contributed by atoms with Crippen LogP contribution in [0.25, 0.3) is 10.9 Å². The van der Waals surface area contributed by atoms with Crippen LogP contribution in [0.2, 0.25) is 0 Å². The second-order valence-corrected chi connectivity index (χ2v) is 8.69. The Morgan fingerprint density at radius 3 is 2.57 bits per heavy atom. The van der Waals surface area contributed by atoms with Gasteiger partial charge in [-0.1, -0.05) is 19.3 Å². The number of nitriles is 1. The molecule has 35 heavy (non-hydrogen) atoms. The molecule has 0 spiro atoms. The molecule has 9 heteroatoms. The van der Waals surface area contributed by atoms with Gasteiger partial charge < -0.3 is 20.5 Å². The van der Waals surface area contributed by atoms with Crippen LogP contribution in [0.15, 0.2) is 36.5 Å². The number of carbonyl (C=O) groups is 3. The molecule has 9 nitrogen and oxygen atoms in total. The topological polar surface area (TPSA) is 131 Å². The average molecular weight is 473 g/mol. The molecular weight excluding hydrogens is 444 g/mol. The van der Waals surface area contributed by atoms with Crippen LogP contribution in [0, 0.1) is 17.2 Å². The molecule has 180 valence electrons. The van der Waals surface area contributed by atoms with Crippen LogP contribution in [-0.2, 0) is 4.79 Å². The number of anilines is 2. The van der Waals surface area contributed by atoms with Crippen LogP contribution < -0.4 is 15.5 Å². The summed E-state index contributed by atoms with van der Waals surface area (Å²) >= 11 is 0. The van der Waals surface area contributed by atoms with E-state index < -0.39 is 5.91 Å². The number of hydrogen-bond acceptors (Lipinski definition) is 5. The minimum atomic E-state index is -0.517. The smallest absolute Gasteiger partial charge is 0.275 e. The third-order valence-corrected chi connectivity index (χ3v) is 6.38. The van der Waals surface area contributed by atoms with Crippen LogP contribution in [0.1, 0.15) is 65.4 Å². The van der Waals surface area contributed by atoms with Crippen LogP contribution >= 0.6 is 0 Å². The monoisotopic (exact) mass is 472 g/mol. The molecule has 1 saturated carbocycles. The molecule has 4 rings (SSSR count). The van der Waals surface area contributed by atoms with Gasteiger partial charge >= 0.3 is 0 Å². The lowest BCUT2D eigenvalue weighted by Crippen LogP contribution is -2.33. The van der Waals surface area contributed by atoms with Crippen molar-refractivity contribution in [1.29, 1.82) is 5.26 Å². The van der Waals surface area contributed by atoms with Gasteiger partial charge in [-0.05, 0) is 50.1 Å².